The third kappa shape index (κ3) is 11.5. The maximum absolute atomic E-state index is 13.2. The predicted octanol–water partition coefficient (Wildman–Crippen LogP) is 1.30. The molecule has 0 bridgehead atoms. The molecule has 0 unspecified atom stereocenters. The fraction of sp³-hybridized carbons (Fsp3) is 0.365. The third-order valence-corrected chi connectivity index (χ3v) is 14.3. The summed E-state index contributed by atoms with van der Waals surface area (Å²) < 4.78 is 19.4. The first-order valence-electron chi connectivity index (χ1n) is 22.6. The van der Waals surface area contributed by atoms with Gasteiger partial charge in [0.05, 0.1) is 34.2 Å². The Morgan fingerprint density at radius 1 is 0.662 bits per heavy atom. The molecule has 0 amide bonds. The molecule has 3 aliphatic heterocycles. The second kappa shape index (κ2) is 26.3. The molecule has 0 saturated carbocycles. The first-order valence-corrected chi connectivity index (χ1v) is 24.9. The molecular weight excluding hydrogens is 1090 g/mol. The number of rotatable bonds is 7. The number of nitrogens with two attached hydrogens (primary N) is 1. The van der Waals surface area contributed by atoms with E-state index in [0.717, 1.165) is 90.3 Å². The van der Waals surface area contributed by atoms with Gasteiger partial charge in [-0.1, -0.05) is 75.7 Å². The van der Waals surface area contributed by atoms with E-state index < -0.39 is 0 Å². The van der Waals surface area contributed by atoms with Gasteiger partial charge in [-0.3, -0.25) is 33.1 Å². The Morgan fingerprint density at radius 3 is 1.45 bits per heavy atom. The molecule has 71 heavy (non-hydrogen) atoms. The van der Waals surface area contributed by atoms with Crippen molar-refractivity contribution in [2.75, 3.05) is 50.1 Å². The van der Waals surface area contributed by atoms with Crippen molar-refractivity contribution in [1.29, 1.82) is 0 Å². The van der Waals surface area contributed by atoms with Gasteiger partial charge in [0, 0.05) is 82.3 Å². The van der Waals surface area contributed by atoms with Crippen molar-refractivity contribution < 1.29 is 129 Å². The van der Waals surface area contributed by atoms with Crippen LogP contribution >= 0.6 is 31.9 Å². The van der Waals surface area contributed by atoms with E-state index in [1.54, 1.807) is 39.9 Å². The summed E-state index contributed by atoms with van der Waals surface area (Å²) in [4.78, 5) is 65.6. The van der Waals surface area contributed by atoms with Gasteiger partial charge in [-0.15, -0.1) is 0 Å². The van der Waals surface area contributed by atoms with Gasteiger partial charge in [0.15, 0.2) is 11.5 Å². The molecule has 1 fully saturated rings. The quantitative estimate of drug-likeness (QED) is 0.0355. The van der Waals surface area contributed by atoms with E-state index >= 15 is 0 Å². The molecule has 4 aromatic carbocycles. The second-order valence-electron chi connectivity index (χ2n) is 17.3. The molecule has 4 aromatic heterocycles. The molecule has 8 aromatic rings. The number of aromatic nitrogens is 4. The van der Waals surface area contributed by atoms with E-state index in [1.807, 2.05) is 66.9 Å². The molecule has 0 aliphatic carbocycles. The molecule has 11 rings (SSSR count). The van der Waals surface area contributed by atoms with Gasteiger partial charge in [0.1, 0.15) is 13.2 Å². The Hall–Kier alpha value is -2.58. The van der Waals surface area contributed by atoms with Crippen molar-refractivity contribution in [2.24, 2.45) is 19.8 Å². The summed E-state index contributed by atoms with van der Waals surface area (Å²) in [6.07, 6.45) is 4.99. The van der Waals surface area contributed by atoms with Crippen LogP contribution in [-0.2, 0) is 23.8 Å². The van der Waals surface area contributed by atoms with E-state index in [0.29, 0.717) is 47.5 Å². The molecule has 19 heteroatoms. The smallest absolute Gasteiger partial charge is 1.00 e. The number of hydrogen-bond acceptors (Lipinski definition) is 11. The van der Waals surface area contributed by atoms with Gasteiger partial charge in [-0.05, 0) is 98.8 Å². The van der Waals surface area contributed by atoms with Crippen LogP contribution in [-0.4, -0.2) is 79.7 Å². The fourth-order valence-electron chi connectivity index (χ4n) is 9.96. The first kappa shape index (κ1) is 59.3. The van der Waals surface area contributed by atoms with E-state index in [4.69, 9.17) is 25.3 Å². The van der Waals surface area contributed by atoms with Crippen LogP contribution in [0.4, 0.5) is 0 Å². The van der Waals surface area contributed by atoms with Gasteiger partial charge in [0.25, 0.3) is 28.7 Å². The molecule has 2 N–H and O–H groups in total. The van der Waals surface area contributed by atoms with Crippen molar-refractivity contribution in [3.63, 3.8) is 0 Å². The van der Waals surface area contributed by atoms with Crippen molar-refractivity contribution in [3.8, 4) is 11.5 Å². The van der Waals surface area contributed by atoms with Gasteiger partial charge in [-0.2, -0.15) is 0 Å². The first-order chi connectivity index (χ1) is 32.9. The molecule has 366 valence electrons. The largest absolute Gasteiger partial charge is 1.00 e. The van der Waals surface area contributed by atoms with Crippen molar-refractivity contribution in [3.05, 3.63) is 125 Å². The van der Waals surface area contributed by atoms with Crippen LogP contribution in [0.15, 0.2) is 92.0 Å². The van der Waals surface area contributed by atoms with E-state index in [-0.39, 0.29) is 152 Å². The molecule has 0 spiro atoms. The third-order valence-electron chi connectivity index (χ3n) is 13.2. The van der Waals surface area contributed by atoms with Crippen LogP contribution in [0.1, 0.15) is 57.7 Å². The van der Waals surface area contributed by atoms with E-state index in [2.05, 4.69) is 53.8 Å². The monoisotopic (exact) mass is 1150 g/mol. The van der Waals surface area contributed by atoms with Crippen molar-refractivity contribution >= 4 is 103 Å². The number of benzene rings is 4. The minimum absolute atomic E-state index is 0. The number of aryl methyl sites for hydroxylation is 4. The molecule has 15 nitrogen and oxygen atoms in total. The number of hydrogen-bond donors (Lipinski definition) is 1. The minimum Gasteiger partial charge on any atom is -1.00 e. The number of alkyl halides is 2. The predicted molar refractivity (Wildman–Crippen MR) is 282 cm³/mol. The minimum atomic E-state index is -0.219. The topological polar surface area (TPSA) is 185 Å². The summed E-state index contributed by atoms with van der Waals surface area (Å²) >= 11 is 6.66. The van der Waals surface area contributed by atoms with Gasteiger partial charge in [0.2, 0.25) is 0 Å². The molecular formula is C52H58Br2K2N6O9. The summed E-state index contributed by atoms with van der Waals surface area (Å²) in [5.74, 6) is 1.23. The Labute approximate surface area is 514 Å². The van der Waals surface area contributed by atoms with Crippen LogP contribution in [0.3, 0.4) is 0 Å². The SMILES string of the molecule is BrCCCCBr.C.Cc1cc(=O)n2c3c(c4c(cc13)c1ccccc1c(=O)n4C)OC[C@@H]2CN.Cc1cc(=O)n2c3c(c4c(cc13)c1ccccc1c(=O)n4C)OC[C@@H]2CN1CCCC1.O=CO[O-].[H-].[K+].[K+]. The second-order valence-corrected chi connectivity index (χ2v) is 18.9. The van der Waals surface area contributed by atoms with Gasteiger partial charge >= 0.3 is 103 Å². The molecule has 1 saturated heterocycles. The normalized spacial score (nSPS) is 15.4. The zero-order chi connectivity index (χ0) is 48.4. The molecule has 7 heterocycles. The summed E-state index contributed by atoms with van der Waals surface area (Å²) in [7, 11) is 3.54. The summed E-state index contributed by atoms with van der Waals surface area (Å²) in [6.45, 7) is 7.73. The average Bonchev–Trinajstić information content (AvgIpc) is 3.88. The van der Waals surface area contributed by atoms with Crippen LogP contribution in [0.5, 0.6) is 11.5 Å². The maximum atomic E-state index is 13.2. The number of pyridine rings is 4. The number of carbonyl (C=O) groups is 1. The molecule has 0 radical (unpaired) electrons. The van der Waals surface area contributed by atoms with Crippen molar-refractivity contribution in [2.45, 2.75) is 59.0 Å². The zero-order valence-corrected chi connectivity index (χ0v) is 49.8. The van der Waals surface area contributed by atoms with Gasteiger partial charge in [-0.25, -0.2) is 0 Å². The van der Waals surface area contributed by atoms with Crippen LogP contribution < -0.4 is 145 Å². The Morgan fingerprint density at radius 2 is 1.06 bits per heavy atom. The number of nitrogens with zero attached hydrogens (tertiary/aromatic N) is 5. The van der Waals surface area contributed by atoms with Crippen molar-refractivity contribution in [1.82, 2.24) is 23.2 Å². The van der Waals surface area contributed by atoms with Gasteiger partial charge < -0.3 is 40.8 Å². The number of halogens is 2. The number of likely N-dealkylation sites (tertiary alicyclic amines) is 1. The Balaban J connectivity index is 0.000000253. The van der Waals surface area contributed by atoms with Crippen LogP contribution in [0.2, 0.25) is 0 Å². The van der Waals surface area contributed by atoms with Crippen LogP contribution in [0, 0.1) is 13.8 Å². The van der Waals surface area contributed by atoms with E-state index in [1.165, 1.54) is 25.7 Å². The summed E-state index contributed by atoms with van der Waals surface area (Å²) in [5, 5.41) is 17.7. The summed E-state index contributed by atoms with van der Waals surface area (Å²) in [5.41, 5.74) is 10.5. The standard InChI is InChI=1S/C25H25N3O3.C21H19N3O3.C4H8Br2.CH2O3.CH4.2K.H/c1-15-11-21(29)28-16(13-27-9-5-6-10-27)14-31-24-22-20(12-19(15)23(24)28)17-7-3-4-8-18(17)25(30)26(22)2;1-11-7-17(25)24-12(9-22)10-27-20-18-16(8-15(11)19(20)24)13-5-3-4-6-14(13)21(26)23(18)2;5-3-1-2-4-6;2-1-4-3;;;;/h3-4,7-8,11-12,16H,5-6,9-10,13-14H2,1-2H3;3-8,12H,9-10,22H2,1-2H3;1-4H2;1,3H;1H4;;;/q;;;;;2*+1;-1/p-1/t16-;12-;;;;;;/m00....../s1. The summed E-state index contributed by atoms with van der Waals surface area (Å²) in [6, 6.07) is 22.6. The Bertz CT molecular complexity index is 3500. The number of unbranched alkanes of at least 4 members (excludes halogenated alkanes) is 1. The number of carbonyl (C=O) groups excluding carboxylic acids is 1. The van der Waals surface area contributed by atoms with Crippen LogP contribution in [0.25, 0.3) is 65.2 Å². The number of fused-ring (bicyclic) bond motifs is 8. The maximum Gasteiger partial charge on any atom is 1.00 e. The molecule has 2 atom stereocenters. The zero-order valence-electron chi connectivity index (χ0n) is 41.4. The molecule has 3 aliphatic rings. The Kier molecular flexibility index (Phi) is 21.9. The fourth-order valence-corrected chi connectivity index (χ4v) is 10.8. The number of ether oxygens (including phenoxy) is 2. The van der Waals surface area contributed by atoms with E-state index in [9.17, 15) is 19.2 Å². The average molecular weight is 1150 g/mol.